The van der Waals surface area contributed by atoms with Gasteiger partial charge in [0.1, 0.15) is 0 Å². The van der Waals surface area contributed by atoms with Crippen LogP contribution in [0.2, 0.25) is 0 Å². The highest BCUT2D eigenvalue weighted by Crippen LogP contribution is 2.83. The second kappa shape index (κ2) is 6.23. The fraction of sp³-hybridized carbons (Fsp3) is 0.778. The molecule has 0 aromatic rings. The summed E-state index contributed by atoms with van der Waals surface area (Å²) in [5.41, 5.74) is 2.54. The Morgan fingerprint density at radius 1 is 0.917 bits per heavy atom. The van der Waals surface area contributed by atoms with Crippen LogP contribution in [0, 0.1) is 5.92 Å². The van der Waals surface area contributed by atoms with Crippen molar-refractivity contribution in [1.82, 2.24) is 9.34 Å². The molecular formula is C18H32N2O2P2. The fourth-order valence-corrected chi connectivity index (χ4v) is 15.2. The maximum Gasteiger partial charge on any atom is 0.176 e. The standard InChI is InChI=1S/C18H32N2O2P2/c1-7-19(8-2)23(21)12-14(6)16-17-13(5)11-15(18(16)23)24(17,22)20(9-3)10-4/h11-12,15-18H,7-10H2,1-6H3/t15-,16-,17+,18+,23-,24?/m0/s1. The zero-order valence-corrected chi connectivity index (χ0v) is 17.7. The van der Waals surface area contributed by atoms with E-state index in [2.05, 4.69) is 62.8 Å². The molecule has 4 nitrogen and oxygen atoms in total. The summed E-state index contributed by atoms with van der Waals surface area (Å²) in [6.45, 7) is 15.8. The van der Waals surface area contributed by atoms with Crippen LogP contribution in [0.5, 0.6) is 0 Å². The van der Waals surface area contributed by atoms with E-state index in [0.717, 1.165) is 26.2 Å². The second-order valence-corrected chi connectivity index (χ2v) is 13.2. The van der Waals surface area contributed by atoms with Gasteiger partial charge in [0.05, 0.1) is 17.0 Å². The van der Waals surface area contributed by atoms with E-state index in [1.807, 2.05) is 0 Å². The number of hydrogen-bond donors (Lipinski definition) is 0. The highest BCUT2D eigenvalue weighted by atomic mass is 31.2. The van der Waals surface area contributed by atoms with E-state index >= 15 is 0 Å². The van der Waals surface area contributed by atoms with Gasteiger partial charge in [0.25, 0.3) is 0 Å². The SMILES string of the molecule is CCN(CC)P1(=O)[C@@H]2C(C)=C[C@H]1[C@@H]1[C@H]2C(C)=C[P@@]1(=O)N(CC)CC. The van der Waals surface area contributed by atoms with Crippen LogP contribution in [0.25, 0.3) is 0 Å². The van der Waals surface area contributed by atoms with Gasteiger partial charge in [0, 0.05) is 32.1 Å². The normalized spacial score (nSPS) is 43.5. The van der Waals surface area contributed by atoms with Gasteiger partial charge in [0.15, 0.2) is 14.6 Å². The molecule has 1 unspecified atom stereocenters. The molecule has 0 aromatic carbocycles. The average molecular weight is 370 g/mol. The summed E-state index contributed by atoms with van der Waals surface area (Å²) in [5, 5.41) is 0. The van der Waals surface area contributed by atoms with Crippen LogP contribution in [0.3, 0.4) is 0 Å². The van der Waals surface area contributed by atoms with Crippen LogP contribution in [0.15, 0.2) is 23.0 Å². The molecule has 1 saturated heterocycles. The minimum atomic E-state index is -2.62. The van der Waals surface area contributed by atoms with Crippen molar-refractivity contribution in [3.05, 3.63) is 23.0 Å². The molecule has 136 valence electrons. The van der Waals surface area contributed by atoms with Gasteiger partial charge < -0.3 is 9.13 Å². The lowest BCUT2D eigenvalue weighted by Gasteiger charge is -2.35. The Hall–Kier alpha value is -0.140. The summed E-state index contributed by atoms with van der Waals surface area (Å²) in [7, 11) is -5.18. The molecule has 3 rings (SSSR count). The number of allylic oxidation sites excluding steroid dienone is 3. The van der Waals surface area contributed by atoms with Crippen molar-refractivity contribution in [3.63, 3.8) is 0 Å². The molecule has 0 amide bonds. The summed E-state index contributed by atoms with van der Waals surface area (Å²) >= 11 is 0. The van der Waals surface area contributed by atoms with Crippen molar-refractivity contribution in [3.8, 4) is 0 Å². The van der Waals surface area contributed by atoms with E-state index < -0.39 is 14.6 Å². The Bertz CT molecular complexity index is 677. The van der Waals surface area contributed by atoms with Crippen LogP contribution in [0.4, 0.5) is 0 Å². The van der Waals surface area contributed by atoms with E-state index in [1.54, 1.807) is 0 Å². The molecule has 0 saturated carbocycles. The van der Waals surface area contributed by atoms with Crippen molar-refractivity contribution in [1.29, 1.82) is 0 Å². The van der Waals surface area contributed by atoms with Crippen LogP contribution in [-0.2, 0) is 9.13 Å². The molecule has 0 aromatic heterocycles. The van der Waals surface area contributed by atoms with Crippen LogP contribution < -0.4 is 0 Å². The molecule has 0 N–H and O–H groups in total. The second-order valence-electron chi connectivity index (χ2n) is 7.36. The predicted molar refractivity (Wildman–Crippen MR) is 103 cm³/mol. The first-order valence-electron chi connectivity index (χ1n) is 9.38. The van der Waals surface area contributed by atoms with E-state index in [4.69, 9.17) is 0 Å². The number of nitrogens with zero attached hydrogens (tertiary/aromatic N) is 2. The van der Waals surface area contributed by atoms with Gasteiger partial charge in [-0.3, -0.25) is 9.34 Å². The Labute approximate surface area is 147 Å². The van der Waals surface area contributed by atoms with Gasteiger partial charge in [-0.15, -0.1) is 0 Å². The first-order valence-corrected chi connectivity index (χ1v) is 13.0. The lowest BCUT2D eigenvalue weighted by molar-refractivity contribution is 0.432. The molecule has 2 bridgehead atoms. The lowest BCUT2D eigenvalue weighted by Crippen LogP contribution is -2.33. The zero-order chi connectivity index (χ0) is 17.9. The van der Waals surface area contributed by atoms with Gasteiger partial charge in [-0.05, 0) is 19.7 Å². The Morgan fingerprint density at radius 2 is 1.46 bits per heavy atom. The third-order valence-electron chi connectivity index (χ3n) is 6.47. The minimum absolute atomic E-state index is 0.0255. The largest absolute Gasteiger partial charge is 0.305 e. The molecule has 0 aliphatic carbocycles. The molecule has 3 heterocycles. The van der Waals surface area contributed by atoms with Gasteiger partial charge in [0.2, 0.25) is 0 Å². The first-order chi connectivity index (χ1) is 11.3. The van der Waals surface area contributed by atoms with Crippen LogP contribution in [0.1, 0.15) is 41.5 Å². The van der Waals surface area contributed by atoms with Gasteiger partial charge in [-0.1, -0.05) is 44.9 Å². The lowest BCUT2D eigenvalue weighted by atomic mass is 9.85. The fourth-order valence-electron chi connectivity index (χ4n) is 5.58. The molecule has 0 spiro atoms. The highest BCUT2D eigenvalue weighted by Gasteiger charge is 2.69. The number of hydrogen-bond acceptors (Lipinski definition) is 2. The molecule has 3 aliphatic heterocycles. The van der Waals surface area contributed by atoms with Crippen molar-refractivity contribution in [2.75, 3.05) is 26.2 Å². The predicted octanol–water partition coefficient (Wildman–Crippen LogP) is 4.84. The van der Waals surface area contributed by atoms with Gasteiger partial charge >= 0.3 is 0 Å². The molecule has 3 aliphatic rings. The molecule has 24 heavy (non-hydrogen) atoms. The summed E-state index contributed by atoms with van der Waals surface area (Å²) in [4.78, 5) is 0. The molecule has 0 radical (unpaired) electrons. The summed E-state index contributed by atoms with van der Waals surface area (Å²) in [5.74, 6) is 2.27. The summed E-state index contributed by atoms with van der Waals surface area (Å²) in [6.07, 6.45) is 2.22. The van der Waals surface area contributed by atoms with Gasteiger partial charge in [-0.2, -0.15) is 0 Å². The Balaban J connectivity index is 2.14. The molecule has 1 fully saturated rings. The Kier molecular flexibility index (Phi) is 4.84. The molecule has 6 heteroatoms. The third kappa shape index (κ3) is 2.13. The van der Waals surface area contributed by atoms with E-state index in [0.29, 0.717) is 0 Å². The van der Waals surface area contributed by atoms with Crippen LogP contribution in [-0.4, -0.2) is 52.5 Å². The van der Waals surface area contributed by atoms with Crippen LogP contribution >= 0.6 is 14.6 Å². The van der Waals surface area contributed by atoms with E-state index in [9.17, 15) is 9.13 Å². The monoisotopic (exact) mass is 370 g/mol. The molecule has 6 atom stereocenters. The van der Waals surface area contributed by atoms with Crippen molar-refractivity contribution in [2.24, 2.45) is 5.92 Å². The van der Waals surface area contributed by atoms with Crippen molar-refractivity contribution < 1.29 is 9.13 Å². The zero-order valence-electron chi connectivity index (χ0n) is 15.9. The van der Waals surface area contributed by atoms with Gasteiger partial charge in [-0.25, -0.2) is 0 Å². The van der Waals surface area contributed by atoms with Crippen molar-refractivity contribution in [2.45, 2.75) is 58.5 Å². The summed E-state index contributed by atoms with van der Waals surface area (Å²) in [6, 6.07) is 0. The third-order valence-corrected chi connectivity index (χ3v) is 14.7. The highest BCUT2D eigenvalue weighted by molar-refractivity contribution is 7.70. The smallest absolute Gasteiger partial charge is 0.176 e. The maximum atomic E-state index is 14.3. The minimum Gasteiger partial charge on any atom is -0.305 e. The van der Waals surface area contributed by atoms with E-state index in [1.165, 1.54) is 11.1 Å². The van der Waals surface area contributed by atoms with Crippen molar-refractivity contribution >= 4 is 14.6 Å². The summed E-state index contributed by atoms with van der Waals surface area (Å²) < 4.78 is 32.7. The molecular weight excluding hydrogens is 338 g/mol. The number of fused-ring (bicyclic) bond motifs is 5. The Morgan fingerprint density at radius 3 is 1.96 bits per heavy atom. The topological polar surface area (TPSA) is 40.6 Å². The average Bonchev–Trinajstić information content (AvgIpc) is 3.05. The quantitative estimate of drug-likeness (QED) is 0.496. The first kappa shape index (κ1) is 18.6. The number of rotatable bonds is 6. The van der Waals surface area contributed by atoms with E-state index in [-0.39, 0.29) is 22.9 Å². The maximum absolute atomic E-state index is 14.3.